The van der Waals surface area contributed by atoms with Gasteiger partial charge in [0.1, 0.15) is 0 Å². The molecule has 0 unspecified atom stereocenters. The van der Waals surface area contributed by atoms with Crippen LogP contribution in [0.3, 0.4) is 0 Å². The summed E-state index contributed by atoms with van der Waals surface area (Å²) in [7, 11) is -2.82. The van der Waals surface area contributed by atoms with Crippen molar-refractivity contribution in [3.8, 4) is 11.1 Å². The van der Waals surface area contributed by atoms with Gasteiger partial charge < -0.3 is 4.74 Å². The Bertz CT molecular complexity index is 908. The molecule has 0 aliphatic carbocycles. The maximum atomic E-state index is 13.5. The van der Waals surface area contributed by atoms with Crippen molar-refractivity contribution in [2.24, 2.45) is 5.92 Å². The molecule has 0 aliphatic heterocycles. The fourth-order valence-corrected chi connectivity index (χ4v) is 3.73. The Labute approximate surface area is 148 Å². The Hall–Kier alpha value is -2.55. The maximum Gasteiger partial charge on any atom is 0.309 e. The Morgan fingerprint density at radius 3 is 2.31 bits per heavy atom. The topological polar surface area (TPSA) is 72.5 Å². The van der Waals surface area contributed by atoms with Crippen molar-refractivity contribution in [1.29, 1.82) is 0 Å². The molecule has 0 amide bonds. The number of carbonyl (C=O) groups excluding carboxylic acids is 1. The quantitative estimate of drug-likeness (QED) is 0.610. The van der Waals surface area contributed by atoms with E-state index in [1.807, 2.05) is 0 Å². The van der Waals surface area contributed by atoms with E-state index in [-0.39, 0.29) is 16.8 Å². The lowest BCUT2D eigenvalue weighted by Crippen LogP contribution is -2.27. The van der Waals surface area contributed by atoms with Crippen LogP contribution in [-0.4, -0.2) is 27.2 Å². The van der Waals surface area contributed by atoms with Crippen LogP contribution < -0.4 is 4.72 Å². The van der Waals surface area contributed by atoms with Gasteiger partial charge >= 0.3 is 5.97 Å². The van der Waals surface area contributed by atoms with Crippen molar-refractivity contribution in [1.82, 2.24) is 0 Å². The van der Waals surface area contributed by atoms with Crippen molar-refractivity contribution in [3.05, 3.63) is 53.8 Å². The van der Waals surface area contributed by atoms with Gasteiger partial charge in [0.2, 0.25) is 10.0 Å². The van der Waals surface area contributed by atoms with Crippen LogP contribution in [0.4, 0.5) is 18.9 Å². The monoisotopic (exact) mass is 387 g/mol. The molecule has 2 aromatic rings. The fraction of sp³-hybridized carbons (Fsp3) is 0.235. The number of methoxy groups -OCH3 is 1. The molecule has 1 N–H and O–H groups in total. The third-order valence-corrected chi connectivity index (χ3v) is 5.03. The highest BCUT2D eigenvalue weighted by Crippen LogP contribution is 2.30. The Morgan fingerprint density at radius 1 is 1.15 bits per heavy atom. The second kappa shape index (κ2) is 7.77. The van der Waals surface area contributed by atoms with Crippen LogP contribution in [0.25, 0.3) is 11.1 Å². The van der Waals surface area contributed by atoms with Crippen molar-refractivity contribution >= 4 is 21.7 Å². The molecule has 0 saturated heterocycles. The van der Waals surface area contributed by atoms with Crippen LogP contribution in [0.5, 0.6) is 0 Å². The van der Waals surface area contributed by atoms with Gasteiger partial charge in [0.05, 0.1) is 24.5 Å². The van der Waals surface area contributed by atoms with Gasteiger partial charge in [-0.05, 0) is 23.8 Å². The number of hydrogen-bond donors (Lipinski definition) is 1. The van der Waals surface area contributed by atoms with E-state index in [1.54, 1.807) is 0 Å². The first-order chi connectivity index (χ1) is 12.1. The predicted molar refractivity (Wildman–Crippen MR) is 90.3 cm³/mol. The molecule has 0 radical (unpaired) electrons. The number of carbonyl (C=O) groups is 1. The normalized spacial score (nSPS) is 12.5. The molecule has 0 heterocycles. The molecule has 2 aromatic carbocycles. The lowest BCUT2D eigenvalue weighted by atomic mass is 10.0. The van der Waals surface area contributed by atoms with Crippen LogP contribution in [0, 0.1) is 23.4 Å². The van der Waals surface area contributed by atoms with Gasteiger partial charge in [-0.3, -0.25) is 9.52 Å². The predicted octanol–water partition coefficient (Wildman–Crippen LogP) is 3.32. The maximum absolute atomic E-state index is 13.5. The van der Waals surface area contributed by atoms with Crippen molar-refractivity contribution in [3.63, 3.8) is 0 Å². The van der Waals surface area contributed by atoms with Crippen LogP contribution in [0.1, 0.15) is 6.92 Å². The van der Waals surface area contributed by atoms with Gasteiger partial charge in [0.15, 0.2) is 17.5 Å². The summed E-state index contributed by atoms with van der Waals surface area (Å²) in [5.41, 5.74) is 0.148. The Morgan fingerprint density at radius 2 is 1.73 bits per heavy atom. The third kappa shape index (κ3) is 4.54. The van der Waals surface area contributed by atoms with Crippen LogP contribution >= 0.6 is 0 Å². The second-order valence-corrected chi connectivity index (χ2v) is 7.37. The average Bonchev–Trinajstić information content (AvgIpc) is 2.58. The van der Waals surface area contributed by atoms with Gasteiger partial charge in [-0.2, -0.15) is 0 Å². The highest BCUT2D eigenvalue weighted by atomic mass is 32.2. The van der Waals surface area contributed by atoms with E-state index in [4.69, 9.17) is 0 Å². The summed E-state index contributed by atoms with van der Waals surface area (Å²) in [5, 5.41) is 0. The largest absolute Gasteiger partial charge is 0.469 e. The van der Waals surface area contributed by atoms with E-state index in [0.717, 1.165) is 19.2 Å². The number of ether oxygens (including phenoxy) is 1. The molecule has 5 nitrogen and oxygen atoms in total. The number of nitrogens with one attached hydrogen (secondary N) is 1. The molecule has 26 heavy (non-hydrogen) atoms. The highest BCUT2D eigenvalue weighted by molar-refractivity contribution is 7.92. The molecule has 0 spiro atoms. The van der Waals surface area contributed by atoms with Gasteiger partial charge in [0.25, 0.3) is 0 Å². The van der Waals surface area contributed by atoms with Crippen LogP contribution in [-0.2, 0) is 19.6 Å². The molecule has 0 bridgehead atoms. The Kier molecular flexibility index (Phi) is 5.91. The highest BCUT2D eigenvalue weighted by Gasteiger charge is 2.23. The van der Waals surface area contributed by atoms with Gasteiger partial charge in [0, 0.05) is 5.56 Å². The van der Waals surface area contributed by atoms with E-state index >= 15 is 0 Å². The fourth-order valence-electron chi connectivity index (χ4n) is 2.34. The van der Waals surface area contributed by atoms with Crippen LogP contribution in [0.15, 0.2) is 36.4 Å². The molecule has 2 rings (SSSR count). The first-order valence-electron chi connectivity index (χ1n) is 7.47. The summed E-state index contributed by atoms with van der Waals surface area (Å²) in [4.78, 5) is 11.4. The van der Waals surface area contributed by atoms with E-state index in [1.165, 1.54) is 31.2 Å². The average molecular weight is 387 g/mol. The molecule has 0 fully saturated rings. The number of benzene rings is 2. The molecule has 0 saturated carbocycles. The summed E-state index contributed by atoms with van der Waals surface area (Å²) in [6.45, 7) is 1.39. The van der Waals surface area contributed by atoms with E-state index in [0.29, 0.717) is 0 Å². The number of anilines is 1. The smallest absolute Gasteiger partial charge is 0.309 e. The van der Waals surface area contributed by atoms with Crippen LogP contribution in [0.2, 0.25) is 0 Å². The summed E-state index contributed by atoms with van der Waals surface area (Å²) in [6.07, 6.45) is 0. The number of rotatable bonds is 6. The minimum absolute atomic E-state index is 0.0370. The van der Waals surface area contributed by atoms with E-state index in [2.05, 4.69) is 9.46 Å². The number of esters is 1. The molecule has 9 heteroatoms. The molecular weight excluding hydrogens is 371 g/mol. The summed E-state index contributed by atoms with van der Waals surface area (Å²) < 4.78 is 71.4. The summed E-state index contributed by atoms with van der Waals surface area (Å²) >= 11 is 0. The third-order valence-electron chi connectivity index (χ3n) is 3.56. The van der Waals surface area contributed by atoms with Gasteiger partial charge in [-0.1, -0.05) is 25.1 Å². The first kappa shape index (κ1) is 19.8. The number of sulfonamides is 1. The number of para-hydroxylation sites is 1. The zero-order chi connectivity index (χ0) is 19.5. The zero-order valence-corrected chi connectivity index (χ0v) is 14.7. The first-order valence-corrected chi connectivity index (χ1v) is 9.12. The molecular formula is C17H16F3NO4S. The number of hydrogen-bond acceptors (Lipinski definition) is 4. The van der Waals surface area contributed by atoms with Crippen molar-refractivity contribution < 1.29 is 31.1 Å². The lowest BCUT2D eigenvalue weighted by molar-refractivity contribution is -0.144. The second-order valence-electron chi connectivity index (χ2n) is 5.61. The standard InChI is InChI=1S/C17H16F3NO4S/c1-10(17(22)25-2)9-26(23,24)21-15-6-4-3-5-12(15)11-7-13(18)16(20)14(19)8-11/h3-8,10,21H,9H2,1-2H3/t10-/m1/s1. The summed E-state index contributed by atoms with van der Waals surface area (Å²) in [5.74, 6) is -6.54. The minimum Gasteiger partial charge on any atom is -0.469 e. The molecule has 0 aliphatic rings. The Balaban J connectivity index is 2.37. The summed E-state index contributed by atoms with van der Waals surface area (Å²) in [6, 6.07) is 7.39. The van der Waals surface area contributed by atoms with Gasteiger partial charge in [-0.15, -0.1) is 0 Å². The molecule has 1 atom stereocenters. The number of halogens is 3. The SMILES string of the molecule is COC(=O)[C@H](C)CS(=O)(=O)Nc1ccccc1-c1cc(F)c(F)c(F)c1. The molecule has 0 aromatic heterocycles. The minimum atomic E-state index is -3.96. The van der Waals surface area contributed by atoms with E-state index in [9.17, 15) is 26.4 Å². The molecule has 140 valence electrons. The van der Waals surface area contributed by atoms with Gasteiger partial charge in [-0.25, -0.2) is 21.6 Å². The zero-order valence-electron chi connectivity index (χ0n) is 13.9. The van der Waals surface area contributed by atoms with Crippen molar-refractivity contribution in [2.75, 3.05) is 17.6 Å². The van der Waals surface area contributed by atoms with E-state index < -0.39 is 45.1 Å². The van der Waals surface area contributed by atoms with Crippen molar-refractivity contribution in [2.45, 2.75) is 6.92 Å². The lowest BCUT2D eigenvalue weighted by Gasteiger charge is -2.15.